The Morgan fingerprint density at radius 1 is 1.17 bits per heavy atom. The van der Waals surface area contributed by atoms with Gasteiger partial charge in [0.25, 0.3) is 0 Å². The summed E-state index contributed by atoms with van der Waals surface area (Å²) in [5, 5.41) is 0. The van der Waals surface area contributed by atoms with Crippen molar-refractivity contribution in [3.63, 3.8) is 0 Å². The van der Waals surface area contributed by atoms with Gasteiger partial charge < -0.3 is 0 Å². The van der Waals surface area contributed by atoms with Crippen LogP contribution in [0.25, 0.3) is 0 Å². The highest BCUT2D eigenvalue weighted by atomic mass is 79.9. The minimum absolute atomic E-state index is 0.318. The maximum Gasteiger partial charge on any atom is 0.353 e. The van der Waals surface area contributed by atoms with Crippen molar-refractivity contribution in [3.05, 3.63) is 30.1 Å². The first-order chi connectivity index (χ1) is 5.47. The Morgan fingerprint density at radius 2 is 1.67 bits per heavy atom. The summed E-state index contributed by atoms with van der Waals surface area (Å²) in [5.74, 6) is -0.433. The lowest BCUT2D eigenvalue weighted by Crippen LogP contribution is -1.95. The molecule has 1 rings (SSSR count). The molecule has 0 radical (unpaired) electrons. The van der Waals surface area contributed by atoms with Crippen LogP contribution in [0.2, 0.25) is 0 Å². The molecule has 0 atom stereocenters. The first kappa shape index (κ1) is 9.92. The van der Waals surface area contributed by atoms with Gasteiger partial charge in [0.2, 0.25) is 0 Å². The maximum absolute atomic E-state index is 12.3. The van der Waals surface area contributed by atoms with Gasteiger partial charge in [-0.2, -0.15) is 8.78 Å². The molecule has 0 spiro atoms. The Balaban J connectivity index is 2.71. The molecular formula is C7H4BrF3S. The molecule has 1 aromatic carbocycles. The summed E-state index contributed by atoms with van der Waals surface area (Å²) >= 11 is 2.50. The Hall–Kier alpha value is -0.160. The Bertz CT molecular complexity index is 254. The van der Waals surface area contributed by atoms with Gasteiger partial charge in [0.05, 0.1) is 0 Å². The molecule has 0 amide bonds. The minimum atomic E-state index is -3.00. The van der Waals surface area contributed by atoms with Gasteiger partial charge in [0.15, 0.2) is 0 Å². The number of hydrogen-bond acceptors (Lipinski definition) is 1. The van der Waals surface area contributed by atoms with Crippen LogP contribution in [0.3, 0.4) is 0 Å². The third-order valence-electron chi connectivity index (χ3n) is 1.05. The lowest BCUT2D eigenvalue weighted by Gasteiger charge is -2.06. The largest absolute Gasteiger partial charge is 0.353 e. The van der Waals surface area contributed by atoms with Gasteiger partial charge in [0.1, 0.15) is 5.82 Å². The second-order valence-electron chi connectivity index (χ2n) is 2.00. The van der Waals surface area contributed by atoms with E-state index in [0.717, 1.165) is 12.1 Å². The van der Waals surface area contributed by atoms with Gasteiger partial charge in [-0.1, -0.05) is 0 Å². The molecule has 12 heavy (non-hydrogen) atoms. The van der Waals surface area contributed by atoms with Crippen LogP contribution < -0.4 is 0 Å². The number of thioether (sulfide) groups is 1. The van der Waals surface area contributed by atoms with Crippen molar-refractivity contribution in [2.45, 2.75) is 9.06 Å². The van der Waals surface area contributed by atoms with Crippen LogP contribution in [-0.2, 0) is 0 Å². The van der Waals surface area contributed by atoms with Gasteiger partial charge in [-0.25, -0.2) is 4.39 Å². The van der Waals surface area contributed by atoms with E-state index < -0.39 is 9.98 Å². The van der Waals surface area contributed by atoms with Gasteiger partial charge in [-0.3, -0.25) is 0 Å². The summed E-state index contributed by atoms with van der Waals surface area (Å²) in [6.45, 7) is 0. The van der Waals surface area contributed by atoms with Crippen LogP contribution in [0.1, 0.15) is 0 Å². The Kier molecular flexibility index (Phi) is 3.06. The predicted octanol–water partition coefficient (Wildman–Crippen LogP) is 3.86. The topological polar surface area (TPSA) is 0 Å². The monoisotopic (exact) mass is 256 g/mol. The fourth-order valence-electron chi connectivity index (χ4n) is 0.636. The van der Waals surface area contributed by atoms with E-state index in [2.05, 4.69) is 15.9 Å². The first-order valence-corrected chi connectivity index (χ1v) is 4.60. The predicted molar refractivity (Wildman–Crippen MR) is 46.1 cm³/mol. The lowest BCUT2D eigenvalue weighted by atomic mass is 10.4. The third kappa shape index (κ3) is 3.49. The van der Waals surface area contributed by atoms with Gasteiger partial charge in [0, 0.05) is 20.8 Å². The molecule has 0 saturated carbocycles. The van der Waals surface area contributed by atoms with Crippen molar-refractivity contribution >= 4 is 27.7 Å². The molecule has 0 aliphatic heterocycles. The van der Waals surface area contributed by atoms with Crippen molar-refractivity contribution in [2.24, 2.45) is 0 Å². The summed E-state index contributed by atoms with van der Waals surface area (Å²) < 4.78 is 33.9. The molecule has 0 nitrogen and oxygen atoms in total. The van der Waals surface area contributed by atoms with Crippen LogP contribution in [0, 0.1) is 5.82 Å². The fourth-order valence-corrected chi connectivity index (χ4v) is 1.74. The van der Waals surface area contributed by atoms with E-state index in [-0.39, 0.29) is 0 Å². The van der Waals surface area contributed by atoms with E-state index in [1.165, 1.54) is 12.1 Å². The highest BCUT2D eigenvalue weighted by Gasteiger charge is 2.25. The molecule has 0 aromatic heterocycles. The summed E-state index contributed by atoms with van der Waals surface area (Å²) in [5.41, 5.74) is 0. The van der Waals surface area contributed by atoms with Crippen LogP contribution in [0.15, 0.2) is 29.2 Å². The van der Waals surface area contributed by atoms with Crippen LogP contribution >= 0.6 is 27.7 Å². The number of rotatable bonds is 2. The number of benzene rings is 1. The SMILES string of the molecule is Fc1ccc(SC(F)(F)Br)cc1. The summed E-state index contributed by atoms with van der Waals surface area (Å²) in [6, 6.07) is 4.88. The molecular weight excluding hydrogens is 253 g/mol. The average Bonchev–Trinajstić information content (AvgIpc) is 1.91. The van der Waals surface area contributed by atoms with Crippen LogP contribution in [0.4, 0.5) is 13.2 Å². The molecule has 0 heterocycles. The highest BCUT2D eigenvalue weighted by Crippen LogP contribution is 2.40. The quantitative estimate of drug-likeness (QED) is 0.572. The number of halogens is 4. The van der Waals surface area contributed by atoms with Crippen molar-refractivity contribution in [1.82, 2.24) is 0 Å². The first-order valence-electron chi connectivity index (χ1n) is 2.99. The zero-order valence-corrected chi connectivity index (χ0v) is 8.13. The molecule has 0 unspecified atom stereocenters. The molecule has 0 bridgehead atoms. The number of alkyl halides is 3. The zero-order chi connectivity index (χ0) is 9.19. The van der Waals surface area contributed by atoms with E-state index in [9.17, 15) is 13.2 Å². The molecule has 66 valence electrons. The maximum atomic E-state index is 12.3. The molecule has 0 aliphatic rings. The van der Waals surface area contributed by atoms with Crippen LogP contribution in [-0.4, -0.2) is 4.16 Å². The minimum Gasteiger partial charge on any atom is -0.207 e. The molecule has 1 aromatic rings. The molecule has 5 heteroatoms. The van der Waals surface area contributed by atoms with Crippen molar-refractivity contribution in [2.75, 3.05) is 0 Å². The fraction of sp³-hybridized carbons (Fsp3) is 0.143. The second-order valence-corrected chi connectivity index (χ2v) is 4.71. The van der Waals surface area contributed by atoms with Gasteiger partial charge in [-0.05, 0) is 36.0 Å². The lowest BCUT2D eigenvalue weighted by molar-refractivity contribution is 0.221. The third-order valence-corrected chi connectivity index (χ3v) is 2.27. The molecule has 0 N–H and O–H groups in total. The highest BCUT2D eigenvalue weighted by molar-refractivity contribution is 9.11. The van der Waals surface area contributed by atoms with E-state index >= 15 is 0 Å². The van der Waals surface area contributed by atoms with E-state index in [1.54, 1.807) is 0 Å². The van der Waals surface area contributed by atoms with Crippen LogP contribution in [0.5, 0.6) is 0 Å². The normalized spacial score (nSPS) is 11.7. The summed E-state index contributed by atoms with van der Waals surface area (Å²) in [4.78, 5) is 0.318. The van der Waals surface area contributed by atoms with Crippen molar-refractivity contribution < 1.29 is 13.2 Å². The Morgan fingerprint density at radius 3 is 2.08 bits per heavy atom. The van der Waals surface area contributed by atoms with E-state index in [4.69, 9.17) is 0 Å². The van der Waals surface area contributed by atoms with E-state index in [1.807, 2.05) is 0 Å². The molecule has 0 fully saturated rings. The Labute approximate surface area is 80.3 Å². The van der Waals surface area contributed by atoms with Gasteiger partial charge in [-0.15, -0.1) is 0 Å². The van der Waals surface area contributed by atoms with Gasteiger partial charge >= 0.3 is 4.16 Å². The summed E-state index contributed by atoms with van der Waals surface area (Å²) in [7, 11) is 0. The van der Waals surface area contributed by atoms with E-state index in [0.29, 0.717) is 16.7 Å². The number of hydrogen-bond donors (Lipinski definition) is 0. The molecule has 0 aliphatic carbocycles. The zero-order valence-electron chi connectivity index (χ0n) is 5.73. The van der Waals surface area contributed by atoms with Crippen molar-refractivity contribution in [1.29, 1.82) is 0 Å². The second kappa shape index (κ2) is 3.70. The smallest absolute Gasteiger partial charge is 0.207 e. The van der Waals surface area contributed by atoms with Crippen molar-refractivity contribution in [3.8, 4) is 0 Å². The molecule has 0 saturated heterocycles. The standard InChI is InChI=1S/C7H4BrF3S/c8-7(10,11)12-6-3-1-5(9)2-4-6/h1-4H. The average molecular weight is 257 g/mol. The summed E-state index contributed by atoms with van der Waals surface area (Å²) in [6.07, 6.45) is 0.